The Hall–Kier alpha value is -3.52. The van der Waals surface area contributed by atoms with Crippen LogP contribution in [-0.2, 0) is 9.59 Å². The van der Waals surface area contributed by atoms with Crippen LogP contribution in [0.25, 0.3) is 11.0 Å². The number of carboxylic acids is 1. The van der Waals surface area contributed by atoms with Crippen LogP contribution in [0.1, 0.15) is 0 Å². The minimum Gasteiger partial charge on any atom is -0.548 e. The van der Waals surface area contributed by atoms with Crippen molar-refractivity contribution in [2.24, 2.45) is 0 Å². The first-order chi connectivity index (χ1) is 13.4. The molecule has 0 aliphatic carbocycles. The smallest absolute Gasteiger partial charge is 0.258 e. The van der Waals surface area contributed by atoms with E-state index in [2.05, 4.69) is 5.32 Å². The summed E-state index contributed by atoms with van der Waals surface area (Å²) in [5.41, 5.74) is -0.177. The molecule has 0 bridgehead atoms. The predicted molar refractivity (Wildman–Crippen MR) is 97.5 cm³/mol. The third kappa shape index (κ3) is 4.60. The van der Waals surface area contributed by atoms with E-state index in [-0.39, 0.29) is 22.5 Å². The maximum atomic E-state index is 12.6. The van der Waals surface area contributed by atoms with Gasteiger partial charge in [0.1, 0.15) is 23.3 Å². The molecule has 3 rings (SSSR count). The normalized spacial score (nSPS) is 10.5. The molecule has 0 atom stereocenters. The summed E-state index contributed by atoms with van der Waals surface area (Å²) in [5, 5.41) is 13.0. The first kappa shape index (κ1) is 19.2. The topological polar surface area (TPSA) is 118 Å². The molecule has 144 valence electrons. The van der Waals surface area contributed by atoms with E-state index in [1.807, 2.05) is 0 Å². The maximum absolute atomic E-state index is 12.6. The van der Waals surface area contributed by atoms with E-state index < -0.39 is 30.5 Å². The van der Waals surface area contributed by atoms with Gasteiger partial charge in [0.2, 0.25) is 11.2 Å². The van der Waals surface area contributed by atoms with Crippen molar-refractivity contribution < 1.29 is 28.6 Å². The second-order valence-electron chi connectivity index (χ2n) is 5.56. The van der Waals surface area contributed by atoms with Gasteiger partial charge in [-0.2, -0.15) is 0 Å². The molecular weight excluding hydrogens is 390 g/mol. The number of benzene rings is 2. The lowest BCUT2D eigenvalue weighted by atomic mass is 10.2. The average Bonchev–Trinajstić information content (AvgIpc) is 2.68. The Balaban J connectivity index is 1.75. The number of halogens is 1. The van der Waals surface area contributed by atoms with Gasteiger partial charge in [-0.1, -0.05) is 23.7 Å². The molecule has 8 nitrogen and oxygen atoms in total. The van der Waals surface area contributed by atoms with Crippen molar-refractivity contribution in [1.82, 2.24) is 5.32 Å². The van der Waals surface area contributed by atoms with Crippen LogP contribution in [0.4, 0.5) is 0 Å². The molecule has 9 heteroatoms. The summed E-state index contributed by atoms with van der Waals surface area (Å²) in [5.74, 6) is -1.49. The molecular formula is C19H13ClNO7-. The number of carbonyl (C=O) groups excluding carboxylic acids is 2. The van der Waals surface area contributed by atoms with Crippen LogP contribution in [0, 0.1) is 0 Å². The lowest BCUT2D eigenvalue weighted by molar-refractivity contribution is -0.304. The molecule has 0 unspecified atom stereocenters. The van der Waals surface area contributed by atoms with Gasteiger partial charge in [0.05, 0.1) is 22.9 Å². The lowest BCUT2D eigenvalue weighted by Gasteiger charge is -2.09. The van der Waals surface area contributed by atoms with Gasteiger partial charge in [-0.15, -0.1) is 0 Å². The molecule has 3 aromatic rings. The summed E-state index contributed by atoms with van der Waals surface area (Å²) in [4.78, 5) is 34.3. The number of aliphatic carboxylic acids is 1. The average molecular weight is 403 g/mol. The molecule has 28 heavy (non-hydrogen) atoms. The number of rotatable bonds is 7. The summed E-state index contributed by atoms with van der Waals surface area (Å²) in [6, 6.07) is 11.1. The third-order valence-corrected chi connectivity index (χ3v) is 3.88. The Morgan fingerprint density at radius 1 is 1.14 bits per heavy atom. The molecule has 0 spiro atoms. The van der Waals surface area contributed by atoms with Crippen LogP contribution in [0.15, 0.2) is 57.9 Å². The fourth-order valence-electron chi connectivity index (χ4n) is 2.27. The van der Waals surface area contributed by atoms with E-state index in [1.54, 1.807) is 24.3 Å². The summed E-state index contributed by atoms with van der Waals surface area (Å²) < 4.78 is 16.2. The first-order valence-electron chi connectivity index (χ1n) is 8.01. The molecule has 0 aliphatic rings. The Morgan fingerprint density at radius 3 is 2.68 bits per heavy atom. The highest BCUT2D eigenvalue weighted by molar-refractivity contribution is 6.32. The van der Waals surface area contributed by atoms with E-state index in [4.69, 9.17) is 25.5 Å². The summed E-state index contributed by atoms with van der Waals surface area (Å²) in [6.07, 6.45) is 1.16. The molecule has 1 aromatic heterocycles. The van der Waals surface area contributed by atoms with E-state index in [0.717, 1.165) is 6.26 Å². The van der Waals surface area contributed by atoms with Crippen LogP contribution in [0.3, 0.4) is 0 Å². The van der Waals surface area contributed by atoms with Crippen molar-refractivity contribution in [3.63, 3.8) is 0 Å². The highest BCUT2D eigenvalue weighted by Crippen LogP contribution is 2.28. The molecule has 1 heterocycles. The molecule has 1 N–H and O–H groups in total. The first-order valence-corrected chi connectivity index (χ1v) is 8.39. The van der Waals surface area contributed by atoms with E-state index in [0.29, 0.717) is 10.8 Å². The van der Waals surface area contributed by atoms with Crippen LogP contribution in [0.5, 0.6) is 17.2 Å². The van der Waals surface area contributed by atoms with Gasteiger partial charge in [-0.3, -0.25) is 9.59 Å². The zero-order valence-electron chi connectivity index (χ0n) is 14.3. The van der Waals surface area contributed by atoms with Gasteiger partial charge < -0.3 is 29.1 Å². The van der Waals surface area contributed by atoms with Gasteiger partial charge in [-0.05, 0) is 24.3 Å². The fraction of sp³-hybridized carbons (Fsp3) is 0.105. The van der Waals surface area contributed by atoms with Crippen molar-refractivity contribution in [3.05, 3.63) is 64.0 Å². The third-order valence-electron chi connectivity index (χ3n) is 3.57. The van der Waals surface area contributed by atoms with Crippen molar-refractivity contribution in [2.75, 3.05) is 13.2 Å². The van der Waals surface area contributed by atoms with E-state index in [9.17, 15) is 19.5 Å². The zero-order chi connectivity index (χ0) is 20.1. The van der Waals surface area contributed by atoms with Crippen molar-refractivity contribution >= 4 is 34.4 Å². The van der Waals surface area contributed by atoms with Gasteiger partial charge in [0.15, 0.2) is 6.61 Å². The van der Waals surface area contributed by atoms with Crippen molar-refractivity contribution in [1.29, 1.82) is 0 Å². The fourth-order valence-corrected chi connectivity index (χ4v) is 2.44. The monoisotopic (exact) mass is 402 g/mol. The number of nitrogens with one attached hydrogen (secondary N) is 1. The van der Waals surface area contributed by atoms with Gasteiger partial charge in [-0.25, -0.2) is 0 Å². The van der Waals surface area contributed by atoms with Crippen molar-refractivity contribution in [2.45, 2.75) is 0 Å². The highest BCUT2D eigenvalue weighted by atomic mass is 35.5. The van der Waals surface area contributed by atoms with Gasteiger partial charge >= 0.3 is 0 Å². The lowest BCUT2D eigenvalue weighted by Crippen LogP contribution is -2.39. The molecule has 0 radical (unpaired) electrons. The van der Waals surface area contributed by atoms with Crippen molar-refractivity contribution in [3.8, 4) is 17.2 Å². The molecule has 0 saturated carbocycles. The van der Waals surface area contributed by atoms with Crippen LogP contribution < -0.4 is 25.3 Å². The number of carbonyl (C=O) groups is 2. The molecule has 1 amide bonds. The summed E-state index contributed by atoms with van der Waals surface area (Å²) >= 11 is 6.02. The Bertz CT molecular complexity index is 1090. The maximum Gasteiger partial charge on any atom is 0.258 e. The number of fused-ring (bicyclic) bond motifs is 1. The second-order valence-corrected chi connectivity index (χ2v) is 5.96. The minimum absolute atomic E-state index is 0.0315. The van der Waals surface area contributed by atoms with E-state index in [1.165, 1.54) is 18.2 Å². The Labute approximate surface area is 163 Å². The van der Waals surface area contributed by atoms with Crippen LogP contribution in [-0.4, -0.2) is 25.0 Å². The Morgan fingerprint density at radius 2 is 1.93 bits per heavy atom. The quantitative estimate of drug-likeness (QED) is 0.635. The highest BCUT2D eigenvalue weighted by Gasteiger charge is 2.12. The number of amides is 1. The van der Waals surface area contributed by atoms with E-state index >= 15 is 0 Å². The van der Waals surface area contributed by atoms with Gasteiger partial charge in [0.25, 0.3) is 5.91 Å². The summed E-state index contributed by atoms with van der Waals surface area (Å²) in [7, 11) is 0. The number of para-hydroxylation sites is 1. The number of hydrogen-bond donors (Lipinski definition) is 1. The number of ether oxygens (including phenoxy) is 2. The van der Waals surface area contributed by atoms with Gasteiger partial charge in [0, 0.05) is 6.07 Å². The minimum atomic E-state index is -1.41. The van der Waals surface area contributed by atoms with Crippen LogP contribution in [0.2, 0.25) is 5.02 Å². The Kier molecular flexibility index (Phi) is 5.81. The molecule has 2 aromatic carbocycles. The molecule has 0 fully saturated rings. The predicted octanol–water partition coefficient (Wildman–Crippen LogP) is 1.48. The summed E-state index contributed by atoms with van der Waals surface area (Å²) in [6.45, 7) is -1.01. The second kappa shape index (κ2) is 8.45. The zero-order valence-corrected chi connectivity index (χ0v) is 15.0. The molecule has 0 saturated heterocycles. The number of carboxylic acid groups (broad SMARTS) is 1. The molecule has 0 aliphatic heterocycles. The largest absolute Gasteiger partial charge is 0.548 e. The van der Waals surface area contributed by atoms with Crippen LogP contribution >= 0.6 is 11.6 Å². The standard InChI is InChI=1S/C19H14ClNO7/c20-13-3-1-2-4-14(13)28-16-9-27-15-7-11(5-6-12(15)19(16)25)26-10-17(22)21-8-18(23)24/h1-7,9H,8,10H2,(H,21,22)(H,23,24)/p-1. The number of hydrogen-bond acceptors (Lipinski definition) is 7. The SMILES string of the molecule is O=C([O-])CNC(=O)COc1ccc2c(=O)c(Oc3ccccc3Cl)coc2c1.